The highest BCUT2D eigenvalue weighted by atomic mass is 35.5. The number of halogens is 1. The van der Waals surface area contributed by atoms with Crippen LogP contribution >= 0.6 is 11.6 Å². The number of rotatable bonds is 7. The Hall–Kier alpha value is -1.85. The van der Waals surface area contributed by atoms with E-state index in [0.29, 0.717) is 29.9 Å². The summed E-state index contributed by atoms with van der Waals surface area (Å²) in [5, 5.41) is 7.09. The molecule has 1 aromatic heterocycles. The predicted octanol–water partition coefficient (Wildman–Crippen LogP) is 3.84. The molecule has 21 heavy (non-hydrogen) atoms. The number of hydrogen-bond acceptors (Lipinski definition) is 5. The summed E-state index contributed by atoms with van der Waals surface area (Å²) in [6, 6.07) is 9.36. The summed E-state index contributed by atoms with van der Waals surface area (Å²) in [5.74, 6) is 2.12. The number of nitrogens with one attached hydrogen (secondary N) is 2. The highest BCUT2D eigenvalue weighted by Gasteiger charge is 2.05. The van der Waals surface area contributed by atoms with Crippen LogP contribution in [0.1, 0.15) is 19.7 Å². The van der Waals surface area contributed by atoms with Gasteiger partial charge in [-0.2, -0.15) is 0 Å². The fourth-order valence-corrected chi connectivity index (χ4v) is 2.00. The molecule has 0 aliphatic rings. The Balaban J connectivity index is 2.22. The minimum absolute atomic E-state index is 0.389. The Morgan fingerprint density at radius 1 is 1.14 bits per heavy atom. The van der Waals surface area contributed by atoms with Gasteiger partial charge in [0, 0.05) is 29.9 Å². The third-order valence-electron chi connectivity index (χ3n) is 2.66. The monoisotopic (exact) mass is 306 g/mol. The Morgan fingerprint density at radius 2 is 1.95 bits per heavy atom. The van der Waals surface area contributed by atoms with Gasteiger partial charge in [0.1, 0.15) is 18.2 Å². The molecule has 0 fully saturated rings. The SMILES string of the molecule is CCNc1cc(Nc2cccc(Cl)c2)nc(COCC)n1. The van der Waals surface area contributed by atoms with Gasteiger partial charge in [0.25, 0.3) is 0 Å². The van der Waals surface area contributed by atoms with E-state index in [0.717, 1.165) is 18.1 Å². The number of anilines is 3. The highest BCUT2D eigenvalue weighted by Crippen LogP contribution is 2.20. The second kappa shape index (κ2) is 7.81. The molecule has 6 heteroatoms. The lowest BCUT2D eigenvalue weighted by atomic mass is 10.3. The van der Waals surface area contributed by atoms with E-state index in [1.807, 2.05) is 44.2 Å². The second-order valence-corrected chi connectivity index (χ2v) is 4.79. The summed E-state index contributed by atoms with van der Waals surface area (Å²) in [5.41, 5.74) is 0.881. The molecule has 1 aromatic carbocycles. The quantitative estimate of drug-likeness (QED) is 0.814. The molecule has 0 atom stereocenters. The first-order chi connectivity index (χ1) is 10.2. The minimum atomic E-state index is 0.389. The Kier molecular flexibility index (Phi) is 5.78. The molecule has 2 N–H and O–H groups in total. The maximum Gasteiger partial charge on any atom is 0.158 e. The van der Waals surface area contributed by atoms with Crippen LogP contribution < -0.4 is 10.6 Å². The molecule has 112 valence electrons. The van der Waals surface area contributed by atoms with Crippen LogP contribution in [0.15, 0.2) is 30.3 Å². The van der Waals surface area contributed by atoms with Gasteiger partial charge >= 0.3 is 0 Å². The molecule has 0 unspecified atom stereocenters. The van der Waals surface area contributed by atoms with Crippen LogP contribution in [-0.2, 0) is 11.3 Å². The van der Waals surface area contributed by atoms with Gasteiger partial charge in [-0.1, -0.05) is 17.7 Å². The standard InChI is InChI=1S/C15H19ClN4O/c1-3-17-13-9-14(20-15(19-13)10-21-4-2)18-12-7-5-6-11(16)8-12/h5-9H,3-4,10H2,1-2H3,(H2,17,18,19,20). The topological polar surface area (TPSA) is 59.1 Å². The molecule has 0 aliphatic heterocycles. The number of ether oxygens (including phenoxy) is 1. The third kappa shape index (κ3) is 4.88. The average Bonchev–Trinajstić information content (AvgIpc) is 2.45. The van der Waals surface area contributed by atoms with Crippen molar-refractivity contribution < 1.29 is 4.74 Å². The van der Waals surface area contributed by atoms with Crippen molar-refractivity contribution in [3.63, 3.8) is 0 Å². The second-order valence-electron chi connectivity index (χ2n) is 4.36. The van der Waals surface area contributed by atoms with E-state index in [-0.39, 0.29) is 0 Å². The molecule has 0 radical (unpaired) electrons. The van der Waals surface area contributed by atoms with Gasteiger partial charge in [-0.25, -0.2) is 9.97 Å². The van der Waals surface area contributed by atoms with E-state index in [4.69, 9.17) is 16.3 Å². The largest absolute Gasteiger partial charge is 0.374 e. The van der Waals surface area contributed by atoms with Crippen molar-refractivity contribution in [3.8, 4) is 0 Å². The maximum atomic E-state index is 5.99. The van der Waals surface area contributed by atoms with Crippen LogP contribution in [-0.4, -0.2) is 23.1 Å². The van der Waals surface area contributed by atoms with Crippen LogP contribution in [0.25, 0.3) is 0 Å². The lowest BCUT2D eigenvalue weighted by Gasteiger charge is -2.11. The van der Waals surface area contributed by atoms with E-state index in [9.17, 15) is 0 Å². The zero-order valence-electron chi connectivity index (χ0n) is 12.2. The van der Waals surface area contributed by atoms with Crippen LogP contribution in [0.4, 0.5) is 17.3 Å². The first kappa shape index (κ1) is 15.5. The smallest absolute Gasteiger partial charge is 0.158 e. The molecule has 2 aromatic rings. The van der Waals surface area contributed by atoms with Gasteiger partial charge in [-0.05, 0) is 32.0 Å². The summed E-state index contributed by atoms with van der Waals surface area (Å²) in [7, 11) is 0. The van der Waals surface area contributed by atoms with Gasteiger partial charge < -0.3 is 15.4 Å². The summed E-state index contributed by atoms with van der Waals surface area (Å²) in [4.78, 5) is 8.85. The zero-order chi connectivity index (χ0) is 15.1. The summed E-state index contributed by atoms with van der Waals surface area (Å²) >= 11 is 5.99. The lowest BCUT2D eigenvalue weighted by molar-refractivity contribution is 0.128. The Bertz CT molecular complexity index is 592. The van der Waals surface area contributed by atoms with E-state index in [1.54, 1.807) is 0 Å². The normalized spacial score (nSPS) is 10.4. The Labute approximate surface area is 129 Å². The summed E-state index contributed by atoms with van der Waals surface area (Å²) < 4.78 is 5.38. The van der Waals surface area contributed by atoms with Gasteiger partial charge in [-0.15, -0.1) is 0 Å². The lowest BCUT2D eigenvalue weighted by Crippen LogP contribution is -2.07. The highest BCUT2D eigenvalue weighted by molar-refractivity contribution is 6.30. The van der Waals surface area contributed by atoms with Crippen molar-refractivity contribution >= 4 is 28.9 Å². The minimum Gasteiger partial charge on any atom is -0.374 e. The molecular weight excluding hydrogens is 288 g/mol. The van der Waals surface area contributed by atoms with Crippen LogP contribution in [0.5, 0.6) is 0 Å². The van der Waals surface area contributed by atoms with Gasteiger partial charge in [-0.3, -0.25) is 0 Å². The molecule has 0 saturated heterocycles. The summed E-state index contributed by atoms with van der Waals surface area (Å²) in [6.07, 6.45) is 0. The third-order valence-corrected chi connectivity index (χ3v) is 2.90. The molecule has 0 saturated carbocycles. The van der Waals surface area contributed by atoms with Crippen molar-refractivity contribution in [1.29, 1.82) is 0 Å². The zero-order valence-corrected chi connectivity index (χ0v) is 12.9. The van der Waals surface area contributed by atoms with Gasteiger partial charge in [0.15, 0.2) is 5.82 Å². The number of benzene rings is 1. The first-order valence-corrected chi connectivity index (χ1v) is 7.31. The molecule has 2 rings (SSSR count). The van der Waals surface area contributed by atoms with Crippen molar-refractivity contribution in [2.45, 2.75) is 20.5 Å². The Morgan fingerprint density at radius 3 is 2.67 bits per heavy atom. The number of nitrogens with zero attached hydrogens (tertiary/aromatic N) is 2. The summed E-state index contributed by atoms with van der Waals surface area (Å²) in [6.45, 7) is 5.78. The van der Waals surface area contributed by atoms with Crippen molar-refractivity contribution in [2.24, 2.45) is 0 Å². The fraction of sp³-hybridized carbons (Fsp3) is 0.333. The predicted molar refractivity (Wildman–Crippen MR) is 86.3 cm³/mol. The molecule has 0 spiro atoms. The average molecular weight is 307 g/mol. The van der Waals surface area contributed by atoms with Gasteiger partial charge in [0.05, 0.1) is 0 Å². The molecule has 5 nitrogen and oxygen atoms in total. The van der Waals surface area contributed by atoms with Crippen LogP contribution in [0.2, 0.25) is 5.02 Å². The van der Waals surface area contributed by atoms with E-state index >= 15 is 0 Å². The van der Waals surface area contributed by atoms with E-state index in [1.165, 1.54) is 0 Å². The number of aromatic nitrogens is 2. The maximum absolute atomic E-state index is 5.99. The molecule has 0 amide bonds. The van der Waals surface area contributed by atoms with Crippen molar-refractivity contribution in [3.05, 3.63) is 41.2 Å². The van der Waals surface area contributed by atoms with Crippen LogP contribution in [0, 0.1) is 0 Å². The first-order valence-electron chi connectivity index (χ1n) is 6.93. The molecule has 0 bridgehead atoms. The molecular formula is C15H19ClN4O. The van der Waals surface area contributed by atoms with E-state index in [2.05, 4.69) is 20.6 Å². The van der Waals surface area contributed by atoms with Crippen LogP contribution in [0.3, 0.4) is 0 Å². The number of hydrogen-bond donors (Lipinski definition) is 2. The molecule has 0 aliphatic carbocycles. The van der Waals surface area contributed by atoms with Gasteiger partial charge in [0.2, 0.25) is 0 Å². The van der Waals surface area contributed by atoms with Crippen molar-refractivity contribution in [2.75, 3.05) is 23.8 Å². The van der Waals surface area contributed by atoms with E-state index < -0.39 is 0 Å². The molecule has 1 heterocycles. The fourth-order valence-electron chi connectivity index (χ4n) is 1.80. The van der Waals surface area contributed by atoms with Crippen molar-refractivity contribution in [1.82, 2.24) is 9.97 Å².